The fourth-order valence-electron chi connectivity index (χ4n) is 3.65. The molecule has 4 nitrogen and oxygen atoms in total. The lowest BCUT2D eigenvalue weighted by Gasteiger charge is -2.09. The van der Waals surface area contributed by atoms with Crippen LogP contribution in [0.1, 0.15) is 5.56 Å². The highest BCUT2D eigenvalue weighted by atomic mass is 35.5. The summed E-state index contributed by atoms with van der Waals surface area (Å²) in [5.41, 5.74) is 5.23. The van der Waals surface area contributed by atoms with Gasteiger partial charge in [0.2, 0.25) is 0 Å². The lowest BCUT2D eigenvalue weighted by molar-refractivity contribution is 1.06. The molecule has 5 heteroatoms. The standard InChI is InChI=1S/C25H19ClN4/c26-20-11-7-8-18(14-20)15-27-24-23-22(19-9-3-1-4-10-19)16-30(25(23)29-17-28-24)21-12-5-2-6-13-21/h1-14,16-17H,15H2,(H,27,28,29). The first kappa shape index (κ1) is 18.4. The molecule has 30 heavy (non-hydrogen) atoms. The molecule has 0 saturated heterocycles. The summed E-state index contributed by atoms with van der Waals surface area (Å²) in [5.74, 6) is 0.800. The number of rotatable bonds is 5. The molecule has 0 amide bonds. The van der Waals surface area contributed by atoms with E-state index in [1.54, 1.807) is 6.33 Å². The Morgan fingerprint density at radius 2 is 1.60 bits per heavy atom. The van der Waals surface area contributed by atoms with Crippen LogP contribution in [-0.4, -0.2) is 14.5 Å². The van der Waals surface area contributed by atoms with Crippen LogP contribution in [-0.2, 0) is 6.54 Å². The van der Waals surface area contributed by atoms with Gasteiger partial charge in [0.1, 0.15) is 12.1 Å². The van der Waals surface area contributed by atoms with Gasteiger partial charge >= 0.3 is 0 Å². The topological polar surface area (TPSA) is 42.7 Å². The summed E-state index contributed by atoms with van der Waals surface area (Å²) in [7, 11) is 0. The molecule has 2 aromatic heterocycles. The summed E-state index contributed by atoms with van der Waals surface area (Å²) < 4.78 is 2.11. The summed E-state index contributed by atoms with van der Waals surface area (Å²) in [5, 5.41) is 5.20. The fourth-order valence-corrected chi connectivity index (χ4v) is 3.86. The Bertz CT molecular complexity index is 1300. The molecule has 0 aliphatic heterocycles. The van der Waals surface area contributed by atoms with Crippen molar-refractivity contribution in [2.45, 2.75) is 6.54 Å². The van der Waals surface area contributed by atoms with E-state index in [0.717, 1.165) is 44.3 Å². The van der Waals surface area contributed by atoms with Crippen molar-refractivity contribution in [3.63, 3.8) is 0 Å². The van der Waals surface area contributed by atoms with Gasteiger partial charge in [0.25, 0.3) is 0 Å². The Morgan fingerprint density at radius 1 is 0.833 bits per heavy atom. The number of anilines is 1. The molecule has 2 heterocycles. The van der Waals surface area contributed by atoms with Crippen molar-refractivity contribution in [3.8, 4) is 16.8 Å². The quantitative estimate of drug-likeness (QED) is 0.367. The molecule has 0 unspecified atom stereocenters. The van der Waals surface area contributed by atoms with Crippen LogP contribution >= 0.6 is 11.6 Å². The molecule has 5 aromatic rings. The zero-order valence-electron chi connectivity index (χ0n) is 16.2. The van der Waals surface area contributed by atoms with Crippen molar-refractivity contribution in [1.82, 2.24) is 14.5 Å². The molecule has 5 rings (SSSR count). The monoisotopic (exact) mass is 410 g/mol. The predicted octanol–water partition coefficient (Wildman–Crippen LogP) is 6.35. The Kier molecular flexibility index (Phi) is 4.91. The number of fused-ring (bicyclic) bond motifs is 1. The first-order valence-corrected chi connectivity index (χ1v) is 10.1. The maximum absolute atomic E-state index is 6.14. The molecule has 0 aliphatic carbocycles. The van der Waals surface area contributed by atoms with E-state index in [-0.39, 0.29) is 0 Å². The van der Waals surface area contributed by atoms with Gasteiger partial charge in [-0.2, -0.15) is 0 Å². The number of hydrogen-bond acceptors (Lipinski definition) is 3. The summed E-state index contributed by atoms with van der Waals surface area (Å²) in [6.07, 6.45) is 3.74. The molecule has 1 N–H and O–H groups in total. The normalized spacial score (nSPS) is 11.0. The Hall–Kier alpha value is -3.63. The van der Waals surface area contributed by atoms with Crippen LogP contribution in [0.3, 0.4) is 0 Å². The Morgan fingerprint density at radius 3 is 2.37 bits per heavy atom. The number of nitrogens with zero attached hydrogens (tertiary/aromatic N) is 3. The third kappa shape index (κ3) is 3.53. The van der Waals surface area contributed by atoms with Crippen LogP contribution in [0.15, 0.2) is 97.5 Å². The zero-order chi connectivity index (χ0) is 20.3. The van der Waals surface area contributed by atoms with Gasteiger partial charge in [-0.1, -0.05) is 72.3 Å². The number of hydrogen-bond donors (Lipinski definition) is 1. The van der Waals surface area contributed by atoms with Crippen molar-refractivity contribution in [3.05, 3.63) is 108 Å². The largest absolute Gasteiger partial charge is 0.365 e. The molecule has 0 spiro atoms. The Balaban J connectivity index is 1.65. The van der Waals surface area contributed by atoms with Crippen molar-refractivity contribution < 1.29 is 0 Å². The molecular formula is C25H19ClN4. The van der Waals surface area contributed by atoms with Crippen molar-refractivity contribution in [2.75, 3.05) is 5.32 Å². The molecule has 146 valence electrons. The van der Waals surface area contributed by atoms with Crippen molar-refractivity contribution >= 4 is 28.5 Å². The van der Waals surface area contributed by atoms with E-state index < -0.39 is 0 Å². The summed E-state index contributed by atoms with van der Waals surface area (Å²) in [6, 6.07) is 28.4. The van der Waals surface area contributed by atoms with Crippen molar-refractivity contribution in [1.29, 1.82) is 0 Å². The van der Waals surface area contributed by atoms with Gasteiger partial charge in [0.15, 0.2) is 5.65 Å². The van der Waals surface area contributed by atoms with E-state index >= 15 is 0 Å². The number of para-hydroxylation sites is 1. The number of aromatic nitrogens is 3. The average molecular weight is 411 g/mol. The average Bonchev–Trinajstić information content (AvgIpc) is 3.19. The molecular weight excluding hydrogens is 392 g/mol. The SMILES string of the molecule is Clc1cccc(CNc2ncnc3c2c(-c2ccccc2)cn3-c2ccccc2)c1. The molecule has 0 fully saturated rings. The van der Waals surface area contributed by atoms with Crippen LogP contribution in [0.4, 0.5) is 5.82 Å². The molecule has 0 bridgehead atoms. The van der Waals surface area contributed by atoms with Gasteiger partial charge < -0.3 is 9.88 Å². The minimum Gasteiger partial charge on any atom is -0.365 e. The number of halogens is 1. The van der Waals surface area contributed by atoms with E-state index in [1.165, 1.54) is 0 Å². The summed E-state index contributed by atoms with van der Waals surface area (Å²) in [4.78, 5) is 9.19. The molecule has 0 saturated carbocycles. The summed E-state index contributed by atoms with van der Waals surface area (Å²) in [6.45, 7) is 0.622. The molecule has 3 aromatic carbocycles. The van der Waals surface area contributed by atoms with Crippen molar-refractivity contribution in [2.24, 2.45) is 0 Å². The van der Waals surface area contributed by atoms with Crippen LogP contribution in [0.25, 0.3) is 27.8 Å². The highest BCUT2D eigenvalue weighted by Crippen LogP contribution is 2.35. The molecule has 0 aliphatic rings. The first-order chi connectivity index (χ1) is 14.8. The van der Waals surface area contributed by atoms with Gasteiger partial charge in [-0.25, -0.2) is 9.97 Å². The second-order valence-electron chi connectivity index (χ2n) is 7.02. The van der Waals surface area contributed by atoms with Gasteiger partial charge in [-0.15, -0.1) is 0 Å². The minimum absolute atomic E-state index is 0.622. The van der Waals surface area contributed by atoms with Crippen LogP contribution in [0.2, 0.25) is 5.02 Å². The lowest BCUT2D eigenvalue weighted by Crippen LogP contribution is -2.03. The second kappa shape index (κ2) is 8.01. The third-order valence-electron chi connectivity index (χ3n) is 5.05. The molecule has 0 radical (unpaired) electrons. The second-order valence-corrected chi connectivity index (χ2v) is 7.46. The first-order valence-electron chi connectivity index (χ1n) is 9.75. The maximum Gasteiger partial charge on any atom is 0.150 e. The minimum atomic E-state index is 0.622. The van der Waals surface area contributed by atoms with Crippen LogP contribution < -0.4 is 5.32 Å². The fraction of sp³-hybridized carbons (Fsp3) is 0.0400. The van der Waals surface area contributed by atoms with E-state index in [9.17, 15) is 0 Å². The van der Waals surface area contributed by atoms with Gasteiger partial charge in [-0.3, -0.25) is 0 Å². The smallest absolute Gasteiger partial charge is 0.150 e. The van der Waals surface area contributed by atoms with E-state index in [0.29, 0.717) is 6.54 Å². The molecule has 0 atom stereocenters. The third-order valence-corrected chi connectivity index (χ3v) is 5.29. The van der Waals surface area contributed by atoms with Gasteiger partial charge in [0.05, 0.1) is 5.39 Å². The van der Waals surface area contributed by atoms with Crippen LogP contribution in [0, 0.1) is 0 Å². The predicted molar refractivity (Wildman–Crippen MR) is 123 cm³/mol. The van der Waals surface area contributed by atoms with Gasteiger partial charge in [-0.05, 0) is 35.4 Å². The Labute approximate surface area is 179 Å². The number of benzene rings is 3. The highest BCUT2D eigenvalue weighted by molar-refractivity contribution is 6.30. The highest BCUT2D eigenvalue weighted by Gasteiger charge is 2.17. The van der Waals surface area contributed by atoms with E-state index in [2.05, 4.69) is 50.3 Å². The van der Waals surface area contributed by atoms with Crippen LogP contribution in [0.5, 0.6) is 0 Å². The lowest BCUT2D eigenvalue weighted by atomic mass is 10.1. The zero-order valence-corrected chi connectivity index (χ0v) is 16.9. The van der Waals surface area contributed by atoms with E-state index in [1.807, 2.05) is 60.7 Å². The maximum atomic E-state index is 6.14. The van der Waals surface area contributed by atoms with E-state index in [4.69, 9.17) is 11.6 Å². The van der Waals surface area contributed by atoms with Gasteiger partial charge in [0, 0.05) is 29.0 Å². The number of nitrogens with one attached hydrogen (secondary N) is 1. The summed E-state index contributed by atoms with van der Waals surface area (Å²) >= 11 is 6.14.